The van der Waals surface area contributed by atoms with Crippen molar-refractivity contribution in [2.45, 2.75) is 0 Å². The van der Waals surface area contributed by atoms with Crippen LogP contribution in [0.2, 0.25) is 0 Å². The lowest BCUT2D eigenvalue weighted by Crippen LogP contribution is -2.02. The summed E-state index contributed by atoms with van der Waals surface area (Å²) in [6.45, 7) is 0. The molecular formula is C46H30N4. The van der Waals surface area contributed by atoms with Crippen LogP contribution < -0.4 is 0 Å². The molecule has 0 fully saturated rings. The molecule has 0 saturated carbocycles. The van der Waals surface area contributed by atoms with Crippen molar-refractivity contribution in [1.82, 2.24) is 19.1 Å². The highest BCUT2D eigenvalue weighted by Crippen LogP contribution is 2.38. The Labute approximate surface area is 289 Å². The zero-order chi connectivity index (χ0) is 33.0. The largest absolute Gasteiger partial charge is 0.309 e. The van der Waals surface area contributed by atoms with E-state index in [9.17, 15) is 0 Å². The second-order valence-electron chi connectivity index (χ2n) is 12.7. The maximum absolute atomic E-state index is 5.23. The van der Waals surface area contributed by atoms with Crippen molar-refractivity contribution >= 4 is 43.6 Å². The molecule has 234 valence electrons. The Bertz CT molecular complexity index is 2790. The molecule has 10 aromatic rings. The summed E-state index contributed by atoms with van der Waals surface area (Å²) < 4.78 is 4.68. The highest BCUT2D eigenvalue weighted by atomic mass is 15.1. The third-order valence-electron chi connectivity index (χ3n) is 9.74. The number of hydrogen-bond acceptors (Lipinski definition) is 2. The molecule has 0 unspecified atom stereocenters. The van der Waals surface area contributed by atoms with Crippen LogP contribution in [0, 0.1) is 0 Å². The van der Waals surface area contributed by atoms with Gasteiger partial charge in [-0.05, 0) is 47.5 Å². The van der Waals surface area contributed by atoms with Gasteiger partial charge in [-0.2, -0.15) is 0 Å². The number of hydrogen-bond donors (Lipinski definition) is 0. The Morgan fingerprint density at radius 3 is 1.42 bits per heavy atom. The summed E-state index contributed by atoms with van der Waals surface area (Å²) in [4.78, 5) is 10.3. The van der Waals surface area contributed by atoms with Crippen LogP contribution in [0.5, 0.6) is 0 Å². The van der Waals surface area contributed by atoms with Gasteiger partial charge in [0.05, 0.1) is 27.8 Å². The van der Waals surface area contributed by atoms with Crippen LogP contribution in [0.1, 0.15) is 0 Å². The van der Waals surface area contributed by atoms with Gasteiger partial charge in [0.15, 0.2) is 5.82 Å². The standard InChI is InChI=1S/C46H30N4/c1-4-14-31(15-5-1)40-30-45(48-46(47-40)32-16-6-2-7-17-32)50-42-23-13-11-21-37(42)39-27-25-34(29-44(39)50)33-24-26-38-36-20-10-12-22-41(36)49(43(38)28-33)35-18-8-3-9-19-35/h1-30H. The van der Waals surface area contributed by atoms with E-state index in [0.29, 0.717) is 5.82 Å². The number of fused-ring (bicyclic) bond motifs is 6. The second-order valence-corrected chi connectivity index (χ2v) is 12.7. The molecule has 0 radical (unpaired) electrons. The van der Waals surface area contributed by atoms with E-state index in [1.807, 2.05) is 24.3 Å². The maximum atomic E-state index is 5.23. The zero-order valence-electron chi connectivity index (χ0n) is 27.1. The fraction of sp³-hybridized carbons (Fsp3) is 0. The van der Waals surface area contributed by atoms with Crippen molar-refractivity contribution in [3.8, 4) is 45.3 Å². The molecule has 4 heteroatoms. The average Bonchev–Trinajstić information content (AvgIpc) is 3.71. The van der Waals surface area contributed by atoms with Crippen LogP contribution in [-0.4, -0.2) is 19.1 Å². The fourth-order valence-electron chi connectivity index (χ4n) is 7.42. The molecule has 7 aromatic carbocycles. The first kappa shape index (κ1) is 28.3. The minimum Gasteiger partial charge on any atom is -0.309 e. The average molecular weight is 639 g/mol. The van der Waals surface area contributed by atoms with Crippen molar-refractivity contribution in [1.29, 1.82) is 0 Å². The summed E-state index contributed by atoms with van der Waals surface area (Å²) in [5, 5.41) is 4.87. The van der Waals surface area contributed by atoms with Gasteiger partial charge in [-0.3, -0.25) is 4.57 Å². The number of aromatic nitrogens is 4. The van der Waals surface area contributed by atoms with Crippen molar-refractivity contribution in [3.63, 3.8) is 0 Å². The Kier molecular flexibility index (Phi) is 6.46. The summed E-state index contributed by atoms with van der Waals surface area (Å²) in [5.41, 5.74) is 11.0. The van der Waals surface area contributed by atoms with E-state index in [1.165, 1.54) is 32.6 Å². The predicted octanol–water partition coefficient (Wildman–Crippen LogP) is 11.7. The quantitative estimate of drug-likeness (QED) is 0.188. The summed E-state index contributed by atoms with van der Waals surface area (Å²) in [7, 11) is 0. The van der Waals surface area contributed by atoms with Crippen LogP contribution in [-0.2, 0) is 0 Å². The minimum absolute atomic E-state index is 0.697. The van der Waals surface area contributed by atoms with Crippen molar-refractivity contribution < 1.29 is 0 Å². The molecule has 3 heterocycles. The lowest BCUT2D eigenvalue weighted by molar-refractivity contribution is 1.05. The van der Waals surface area contributed by atoms with E-state index in [4.69, 9.17) is 9.97 Å². The zero-order valence-corrected chi connectivity index (χ0v) is 27.1. The molecule has 10 rings (SSSR count). The van der Waals surface area contributed by atoms with E-state index >= 15 is 0 Å². The lowest BCUT2D eigenvalue weighted by atomic mass is 10.0. The lowest BCUT2D eigenvalue weighted by Gasteiger charge is -2.13. The van der Waals surface area contributed by atoms with Crippen molar-refractivity contribution in [3.05, 3.63) is 182 Å². The van der Waals surface area contributed by atoms with E-state index in [0.717, 1.165) is 50.5 Å². The molecular weight excluding hydrogens is 609 g/mol. The third-order valence-corrected chi connectivity index (χ3v) is 9.74. The van der Waals surface area contributed by atoms with Crippen LogP contribution in [0.25, 0.3) is 88.9 Å². The van der Waals surface area contributed by atoms with Gasteiger partial charge in [-0.15, -0.1) is 0 Å². The molecule has 0 spiro atoms. The fourth-order valence-corrected chi connectivity index (χ4v) is 7.42. The van der Waals surface area contributed by atoms with Gasteiger partial charge < -0.3 is 4.57 Å². The first-order valence-corrected chi connectivity index (χ1v) is 16.9. The Morgan fingerprint density at radius 2 is 0.800 bits per heavy atom. The first-order valence-electron chi connectivity index (χ1n) is 16.9. The molecule has 0 N–H and O–H groups in total. The highest BCUT2D eigenvalue weighted by molar-refractivity contribution is 6.12. The highest BCUT2D eigenvalue weighted by Gasteiger charge is 2.18. The van der Waals surface area contributed by atoms with E-state index in [-0.39, 0.29) is 0 Å². The van der Waals surface area contributed by atoms with Crippen LogP contribution >= 0.6 is 0 Å². The summed E-state index contributed by atoms with van der Waals surface area (Å²) in [5.74, 6) is 1.53. The monoisotopic (exact) mass is 638 g/mol. The van der Waals surface area contributed by atoms with Gasteiger partial charge in [-0.1, -0.05) is 140 Å². The molecule has 0 aliphatic rings. The number of rotatable bonds is 5. The number of para-hydroxylation sites is 3. The Morgan fingerprint density at radius 1 is 0.320 bits per heavy atom. The van der Waals surface area contributed by atoms with E-state index in [1.54, 1.807) is 0 Å². The molecule has 0 amide bonds. The minimum atomic E-state index is 0.697. The van der Waals surface area contributed by atoms with Gasteiger partial charge in [0, 0.05) is 44.4 Å². The van der Waals surface area contributed by atoms with E-state index < -0.39 is 0 Å². The molecule has 50 heavy (non-hydrogen) atoms. The number of benzene rings is 7. The van der Waals surface area contributed by atoms with E-state index in [2.05, 4.69) is 167 Å². The first-order chi connectivity index (χ1) is 24.8. The van der Waals surface area contributed by atoms with Gasteiger partial charge in [0.2, 0.25) is 0 Å². The summed E-state index contributed by atoms with van der Waals surface area (Å²) in [6.07, 6.45) is 0. The molecule has 0 bridgehead atoms. The molecule has 0 aliphatic carbocycles. The molecule has 4 nitrogen and oxygen atoms in total. The second kappa shape index (κ2) is 11.4. The van der Waals surface area contributed by atoms with Gasteiger partial charge in [0.25, 0.3) is 0 Å². The molecule has 3 aromatic heterocycles. The number of nitrogens with zero attached hydrogens (tertiary/aromatic N) is 4. The van der Waals surface area contributed by atoms with Crippen LogP contribution in [0.4, 0.5) is 0 Å². The Balaban J connectivity index is 1.22. The maximum Gasteiger partial charge on any atom is 0.162 e. The molecule has 0 aliphatic heterocycles. The predicted molar refractivity (Wildman–Crippen MR) is 207 cm³/mol. The van der Waals surface area contributed by atoms with Crippen molar-refractivity contribution in [2.75, 3.05) is 0 Å². The van der Waals surface area contributed by atoms with Gasteiger partial charge >= 0.3 is 0 Å². The molecule has 0 saturated heterocycles. The van der Waals surface area contributed by atoms with Crippen LogP contribution in [0.15, 0.2) is 182 Å². The normalized spacial score (nSPS) is 11.6. The molecule has 0 atom stereocenters. The summed E-state index contributed by atoms with van der Waals surface area (Å²) >= 11 is 0. The SMILES string of the molecule is c1ccc(-c2cc(-n3c4ccccc4c4ccc(-c5ccc6c7ccccc7n(-c7ccccc7)c6c5)cc43)nc(-c3ccccc3)n2)cc1. The smallest absolute Gasteiger partial charge is 0.162 e. The third kappa shape index (κ3) is 4.54. The van der Waals surface area contributed by atoms with Crippen LogP contribution in [0.3, 0.4) is 0 Å². The Hall–Kier alpha value is -6.78. The van der Waals surface area contributed by atoms with Gasteiger partial charge in [-0.25, -0.2) is 9.97 Å². The van der Waals surface area contributed by atoms with Crippen molar-refractivity contribution in [2.24, 2.45) is 0 Å². The topological polar surface area (TPSA) is 35.6 Å². The van der Waals surface area contributed by atoms with Gasteiger partial charge in [0.1, 0.15) is 5.82 Å². The summed E-state index contributed by atoms with van der Waals surface area (Å²) in [6, 6.07) is 64.3.